The maximum absolute atomic E-state index is 13.2. The highest BCUT2D eigenvalue weighted by Crippen LogP contribution is 2.42. The average molecular weight is 476 g/mol. The summed E-state index contributed by atoms with van der Waals surface area (Å²) in [5, 5.41) is 11.5. The Morgan fingerprint density at radius 3 is 2.38 bits per heavy atom. The van der Waals surface area contributed by atoms with Gasteiger partial charge in [0.25, 0.3) is 11.7 Å². The van der Waals surface area contributed by atoms with Crippen molar-refractivity contribution in [3.8, 4) is 0 Å². The zero-order chi connectivity index (χ0) is 24.2. The SMILES string of the molecule is CCCOC(=O)c1cccc(N2C(=O)C(=O)/C(=C(/O)c3cccc(Cl)c3)C2c2ccccc2)c1. The molecule has 1 aliphatic heterocycles. The Kier molecular flexibility index (Phi) is 6.80. The van der Waals surface area contributed by atoms with E-state index in [1.54, 1.807) is 60.7 Å². The van der Waals surface area contributed by atoms with Crippen molar-refractivity contribution in [1.29, 1.82) is 0 Å². The highest BCUT2D eigenvalue weighted by atomic mass is 35.5. The molecule has 1 saturated heterocycles. The van der Waals surface area contributed by atoms with Crippen LogP contribution in [0.25, 0.3) is 5.76 Å². The predicted octanol–water partition coefficient (Wildman–Crippen LogP) is 5.53. The number of carbonyl (C=O) groups excluding carboxylic acids is 3. The molecule has 1 unspecified atom stereocenters. The van der Waals surface area contributed by atoms with Gasteiger partial charge in [-0.2, -0.15) is 0 Å². The summed E-state index contributed by atoms with van der Waals surface area (Å²) in [7, 11) is 0. The molecule has 0 bridgehead atoms. The van der Waals surface area contributed by atoms with E-state index in [9.17, 15) is 19.5 Å². The molecule has 0 spiro atoms. The first-order chi connectivity index (χ1) is 16.4. The molecule has 0 aliphatic carbocycles. The lowest BCUT2D eigenvalue weighted by molar-refractivity contribution is -0.132. The molecule has 1 atom stereocenters. The van der Waals surface area contributed by atoms with E-state index in [2.05, 4.69) is 0 Å². The standard InChI is InChI=1S/C27H22ClNO5/c1-2-14-34-27(33)19-11-7-13-21(16-19)29-23(17-8-4-3-5-9-17)22(25(31)26(29)32)24(30)18-10-6-12-20(28)15-18/h3-13,15-16,23,30H,2,14H2,1H3/b24-22+. The number of ether oxygens (including phenoxy) is 1. The number of esters is 1. The lowest BCUT2D eigenvalue weighted by Crippen LogP contribution is -2.29. The molecule has 0 saturated carbocycles. The van der Waals surface area contributed by atoms with Gasteiger partial charge in [-0.3, -0.25) is 14.5 Å². The molecular weight excluding hydrogens is 454 g/mol. The highest BCUT2D eigenvalue weighted by molar-refractivity contribution is 6.51. The molecule has 1 heterocycles. The fourth-order valence-electron chi connectivity index (χ4n) is 3.90. The molecule has 1 aliphatic rings. The van der Waals surface area contributed by atoms with Crippen LogP contribution < -0.4 is 4.90 Å². The van der Waals surface area contributed by atoms with Crippen molar-refractivity contribution in [2.75, 3.05) is 11.5 Å². The summed E-state index contributed by atoms with van der Waals surface area (Å²) >= 11 is 6.08. The van der Waals surface area contributed by atoms with Crippen molar-refractivity contribution in [3.63, 3.8) is 0 Å². The van der Waals surface area contributed by atoms with Gasteiger partial charge in [0.15, 0.2) is 0 Å². The summed E-state index contributed by atoms with van der Waals surface area (Å²) in [6.07, 6.45) is 0.678. The summed E-state index contributed by atoms with van der Waals surface area (Å²) in [4.78, 5) is 40.1. The molecule has 0 radical (unpaired) electrons. The minimum absolute atomic E-state index is 0.0579. The van der Waals surface area contributed by atoms with Crippen molar-refractivity contribution in [2.45, 2.75) is 19.4 Å². The molecule has 34 heavy (non-hydrogen) atoms. The van der Waals surface area contributed by atoms with Crippen LogP contribution in [0.5, 0.6) is 0 Å². The Hall–Kier alpha value is -3.90. The third-order valence-electron chi connectivity index (χ3n) is 5.46. The molecule has 1 fully saturated rings. The molecule has 4 rings (SSSR count). The van der Waals surface area contributed by atoms with Crippen molar-refractivity contribution in [2.24, 2.45) is 0 Å². The minimum atomic E-state index is -0.901. The first-order valence-electron chi connectivity index (χ1n) is 10.8. The number of ketones is 1. The van der Waals surface area contributed by atoms with E-state index in [0.717, 1.165) is 0 Å². The van der Waals surface area contributed by atoms with Gasteiger partial charge in [-0.1, -0.05) is 67.1 Å². The van der Waals surface area contributed by atoms with Gasteiger partial charge in [0.1, 0.15) is 5.76 Å². The van der Waals surface area contributed by atoms with Gasteiger partial charge in [0.05, 0.1) is 23.8 Å². The molecule has 1 amide bonds. The second kappa shape index (κ2) is 9.93. The average Bonchev–Trinajstić information content (AvgIpc) is 3.13. The van der Waals surface area contributed by atoms with Crippen LogP contribution in [0.1, 0.15) is 40.9 Å². The summed E-state index contributed by atoms with van der Waals surface area (Å²) < 4.78 is 5.21. The first kappa shape index (κ1) is 23.3. The third-order valence-corrected chi connectivity index (χ3v) is 5.69. The number of halogens is 1. The highest BCUT2D eigenvalue weighted by Gasteiger charge is 2.47. The van der Waals surface area contributed by atoms with Crippen molar-refractivity contribution in [3.05, 3.63) is 106 Å². The van der Waals surface area contributed by atoms with Gasteiger partial charge in [0.2, 0.25) is 0 Å². The van der Waals surface area contributed by atoms with Gasteiger partial charge >= 0.3 is 5.97 Å². The lowest BCUT2D eigenvalue weighted by Gasteiger charge is -2.25. The zero-order valence-electron chi connectivity index (χ0n) is 18.4. The van der Waals surface area contributed by atoms with Crippen LogP contribution in [0.15, 0.2) is 84.4 Å². The second-order valence-electron chi connectivity index (χ2n) is 7.78. The van der Waals surface area contributed by atoms with E-state index in [1.807, 2.05) is 13.0 Å². The molecule has 0 aromatic heterocycles. The molecule has 1 N–H and O–H groups in total. The van der Waals surface area contributed by atoms with Crippen LogP contribution in [-0.4, -0.2) is 29.4 Å². The van der Waals surface area contributed by atoms with E-state index in [-0.39, 0.29) is 23.5 Å². The molecule has 6 nitrogen and oxygen atoms in total. The number of nitrogens with zero attached hydrogens (tertiary/aromatic N) is 1. The summed E-state index contributed by atoms with van der Waals surface area (Å²) in [5.41, 5.74) is 1.49. The quantitative estimate of drug-likeness (QED) is 0.219. The van der Waals surface area contributed by atoms with Crippen molar-refractivity contribution >= 4 is 40.7 Å². The number of aliphatic hydroxyl groups is 1. The molecule has 172 valence electrons. The Labute approximate surface area is 202 Å². The Balaban J connectivity index is 1.87. The molecule has 3 aromatic rings. The van der Waals surface area contributed by atoms with Gasteiger partial charge in [-0.05, 0) is 42.3 Å². The summed E-state index contributed by atoms with van der Waals surface area (Å²) in [5.74, 6) is -2.48. The number of benzene rings is 3. The van der Waals surface area contributed by atoms with Crippen molar-refractivity contribution < 1.29 is 24.2 Å². The number of rotatable bonds is 6. The molecular formula is C27H22ClNO5. The topological polar surface area (TPSA) is 83.9 Å². The second-order valence-corrected chi connectivity index (χ2v) is 8.21. The normalized spacial score (nSPS) is 17.1. The monoisotopic (exact) mass is 475 g/mol. The van der Waals surface area contributed by atoms with E-state index >= 15 is 0 Å². The zero-order valence-corrected chi connectivity index (χ0v) is 19.2. The number of carbonyl (C=O) groups is 3. The predicted molar refractivity (Wildman–Crippen MR) is 130 cm³/mol. The lowest BCUT2D eigenvalue weighted by atomic mass is 9.95. The minimum Gasteiger partial charge on any atom is -0.507 e. The largest absolute Gasteiger partial charge is 0.507 e. The van der Waals surface area contributed by atoms with Gasteiger partial charge in [-0.25, -0.2) is 4.79 Å². The Morgan fingerprint density at radius 1 is 0.971 bits per heavy atom. The van der Waals surface area contributed by atoms with E-state index in [4.69, 9.17) is 16.3 Å². The first-order valence-corrected chi connectivity index (χ1v) is 11.2. The maximum Gasteiger partial charge on any atom is 0.338 e. The number of amides is 1. The smallest absolute Gasteiger partial charge is 0.338 e. The van der Waals surface area contributed by atoms with Crippen LogP contribution in [0, 0.1) is 0 Å². The number of hydrogen-bond acceptors (Lipinski definition) is 5. The van der Waals surface area contributed by atoms with Gasteiger partial charge in [0, 0.05) is 16.3 Å². The number of Topliss-reactive ketones (excluding diaryl/α,β-unsaturated/α-hetero) is 1. The summed E-state index contributed by atoms with van der Waals surface area (Å²) in [6.45, 7) is 2.17. The third kappa shape index (κ3) is 4.45. The van der Waals surface area contributed by atoms with Crippen LogP contribution in [0.2, 0.25) is 5.02 Å². The fraction of sp³-hybridized carbons (Fsp3) is 0.148. The van der Waals surface area contributed by atoms with Crippen LogP contribution in [0.3, 0.4) is 0 Å². The van der Waals surface area contributed by atoms with Crippen molar-refractivity contribution in [1.82, 2.24) is 0 Å². The van der Waals surface area contributed by atoms with Gasteiger partial charge < -0.3 is 9.84 Å². The van der Waals surface area contributed by atoms with E-state index in [0.29, 0.717) is 28.3 Å². The van der Waals surface area contributed by atoms with Crippen LogP contribution in [0.4, 0.5) is 5.69 Å². The number of hydrogen-bond donors (Lipinski definition) is 1. The maximum atomic E-state index is 13.2. The van der Waals surface area contributed by atoms with Gasteiger partial charge in [-0.15, -0.1) is 0 Å². The summed E-state index contributed by atoms with van der Waals surface area (Å²) in [6, 6.07) is 20.8. The van der Waals surface area contributed by atoms with E-state index < -0.39 is 23.7 Å². The Morgan fingerprint density at radius 2 is 1.68 bits per heavy atom. The van der Waals surface area contributed by atoms with E-state index in [1.165, 1.54) is 17.0 Å². The van der Waals surface area contributed by atoms with Crippen LogP contribution in [-0.2, 0) is 14.3 Å². The number of aliphatic hydroxyl groups excluding tert-OH is 1. The van der Waals surface area contributed by atoms with Crippen LogP contribution >= 0.6 is 11.6 Å². The fourth-order valence-corrected chi connectivity index (χ4v) is 4.09. The Bertz CT molecular complexity index is 1280. The number of anilines is 1. The molecule has 3 aromatic carbocycles. The molecule has 7 heteroatoms.